The molecule has 0 radical (unpaired) electrons. The molecule has 0 atom stereocenters. The molecule has 0 aliphatic heterocycles. The monoisotopic (exact) mass is 403 g/mol. The molecule has 5 heteroatoms. The number of aromatic amines is 1. The fourth-order valence-electron chi connectivity index (χ4n) is 3.61. The lowest BCUT2D eigenvalue weighted by atomic mass is 10.0. The van der Waals surface area contributed by atoms with E-state index in [-0.39, 0.29) is 5.78 Å². The maximum Gasteiger partial charge on any atom is 0.137 e. The van der Waals surface area contributed by atoms with Gasteiger partial charge < -0.3 is 5.73 Å². The number of rotatable bonds is 17. The van der Waals surface area contributed by atoms with Crippen LogP contribution in [0, 0.1) is 0 Å². The third-order valence-corrected chi connectivity index (χ3v) is 6.28. The van der Waals surface area contributed by atoms with Crippen molar-refractivity contribution in [1.29, 1.82) is 0 Å². The number of aryl methyl sites for hydroxylation is 1. The molecule has 0 saturated heterocycles. The van der Waals surface area contributed by atoms with Crippen LogP contribution in [0.5, 0.6) is 0 Å². The first-order valence-corrected chi connectivity index (χ1v) is 12.0. The number of nitrogens with one attached hydrogen (secondary N) is 1. The highest BCUT2D eigenvalue weighted by molar-refractivity contribution is 7.09. The van der Waals surface area contributed by atoms with Crippen molar-refractivity contribution in [2.45, 2.75) is 96.3 Å². The van der Waals surface area contributed by atoms with E-state index in [1.807, 2.05) is 11.3 Å². The predicted molar refractivity (Wildman–Crippen MR) is 120 cm³/mol. The summed E-state index contributed by atoms with van der Waals surface area (Å²) in [6, 6.07) is 4.40. The zero-order chi connectivity index (χ0) is 19.9. The molecule has 4 nitrogen and oxygen atoms in total. The molecule has 0 bridgehead atoms. The van der Waals surface area contributed by atoms with E-state index < -0.39 is 0 Å². The Morgan fingerprint density at radius 3 is 2.07 bits per heavy atom. The maximum atomic E-state index is 11.9. The SMILES string of the molecule is Nc1[nH]ncc1CC(=O)CCCCCCCCCCCCCCc1cccs1. The van der Waals surface area contributed by atoms with Gasteiger partial charge in [0.15, 0.2) is 0 Å². The molecule has 0 fully saturated rings. The Bertz CT molecular complexity index is 636. The number of carbonyl (C=O) groups is 1. The normalized spacial score (nSPS) is 11.1. The maximum absolute atomic E-state index is 11.9. The van der Waals surface area contributed by atoms with Crippen LogP contribution >= 0.6 is 11.3 Å². The Morgan fingerprint density at radius 1 is 0.929 bits per heavy atom. The molecule has 0 saturated carbocycles. The van der Waals surface area contributed by atoms with Gasteiger partial charge in [0.05, 0.1) is 6.20 Å². The topological polar surface area (TPSA) is 71.8 Å². The predicted octanol–water partition coefficient (Wildman–Crippen LogP) is 6.48. The molecule has 0 aliphatic carbocycles. The number of thiophene rings is 1. The number of unbranched alkanes of at least 4 members (excludes halogenated alkanes) is 11. The van der Waals surface area contributed by atoms with Crippen LogP contribution < -0.4 is 5.73 Å². The Kier molecular flexibility index (Phi) is 11.6. The van der Waals surface area contributed by atoms with Crippen molar-refractivity contribution in [2.24, 2.45) is 0 Å². The third-order valence-electron chi connectivity index (χ3n) is 5.35. The van der Waals surface area contributed by atoms with E-state index in [1.54, 1.807) is 6.20 Å². The second kappa shape index (κ2) is 14.4. The van der Waals surface area contributed by atoms with Crippen LogP contribution in [-0.4, -0.2) is 16.0 Å². The minimum atomic E-state index is 0.267. The van der Waals surface area contributed by atoms with Crippen molar-refractivity contribution in [3.05, 3.63) is 34.2 Å². The van der Waals surface area contributed by atoms with Gasteiger partial charge in [-0.15, -0.1) is 11.3 Å². The van der Waals surface area contributed by atoms with E-state index in [4.69, 9.17) is 5.73 Å². The summed E-state index contributed by atoms with van der Waals surface area (Å²) in [4.78, 5) is 13.5. The first-order chi connectivity index (χ1) is 13.8. The van der Waals surface area contributed by atoms with Crippen LogP contribution in [0.4, 0.5) is 5.82 Å². The molecule has 0 aromatic carbocycles. The molecule has 0 aliphatic rings. The molecule has 3 N–H and O–H groups in total. The minimum Gasteiger partial charge on any atom is -0.384 e. The first kappa shape index (κ1) is 22.7. The van der Waals surface area contributed by atoms with Crippen molar-refractivity contribution in [2.75, 3.05) is 5.73 Å². The standard InChI is InChI=1S/C23H37N3OS/c24-23-20(19-25-26-23)18-21(27)14-11-9-7-5-3-1-2-4-6-8-10-12-15-22-16-13-17-28-22/h13,16-17,19H,1-12,14-15,18H2,(H3,24,25,26). The van der Waals surface area contributed by atoms with Crippen LogP contribution in [0.1, 0.15) is 93.9 Å². The lowest BCUT2D eigenvalue weighted by Crippen LogP contribution is -2.03. The summed E-state index contributed by atoms with van der Waals surface area (Å²) in [7, 11) is 0. The van der Waals surface area contributed by atoms with Crippen LogP contribution in [0.25, 0.3) is 0 Å². The fourth-order valence-corrected chi connectivity index (χ4v) is 4.36. The number of H-pyrrole nitrogens is 1. The Labute approximate surface area is 174 Å². The van der Waals surface area contributed by atoms with Gasteiger partial charge in [-0.1, -0.05) is 70.3 Å². The van der Waals surface area contributed by atoms with Crippen LogP contribution in [0.2, 0.25) is 0 Å². The highest BCUT2D eigenvalue weighted by Gasteiger charge is 2.07. The first-order valence-electron chi connectivity index (χ1n) is 11.1. The second-order valence-electron chi connectivity index (χ2n) is 7.85. The van der Waals surface area contributed by atoms with E-state index in [1.165, 1.54) is 75.5 Å². The average molecular weight is 404 g/mol. The van der Waals surface area contributed by atoms with Gasteiger partial charge in [0.25, 0.3) is 0 Å². The molecule has 28 heavy (non-hydrogen) atoms. The third kappa shape index (κ3) is 10.1. The van der Waals surface area contributed by atoms with Gasteiger partial charge in [-0.25, -0.2) is 0 Å². The summed E-state index contributed by atoms with van der Waals surface area (Å²) in [5, 5.41) is 8.70. The molecule has 0 unspecified atom stereocenters. The van der Waals surface area contributed by atoms with E-state index >= 15 is 0 Å². The fraction of sp³-hybridized carbons (Fsp3) is 0.652. The van der Waals surface area contributed by atoms with Crippen molar-refractivity contribution in [3.63, 3.8) is 0 Å². The van der Waals surface area contributed by atoms with Crippen molar-refractivity contribution < 1.29 is 4.79 Å². The summed E-state index contributed by atoms with van der Waals surface area (Å²) < 4.78 is 0. The summed E-state index contributed by atoms with van der Waals surface area (Å²) >= 11 is 1.88. The Morgan fingerprint density at radius 2 is 1.54 bits per heavy atom. The number of hydrogen-bond donors (Lipinski definition) is 2. The molecule has 156 valence electrons. The van der Waals surface area contributed by atoms with E-state index in [2.05, 4.69) is 27.7 Å². The summed E-state index contributed by atoms with van der Waals surface area (Å²) in [5.41, 5.74) is 6.54. The van der Waals surface area contributed by atoms with E-state index in [0.29, 0.717) is 18.7 Å². The lowest BCUT2D eigenvalue weighted by molar-refractivity contribution is -0.118. The highest BCUT2D eigenvalue weighted by atomic mass is 32.1. The number of nitrogens with two attached hydrogens (primary N) is 1. The Balaban J connectivity index is 1.29. The molecule has 2 aromatic heterocycles. The van der Waals surface area contributed by atoms with Crippen LogP contribution in [-0.2, 0) is 17.6 Å². The molecule has 0 amide bonds. The quantitative estimate of drug-likeness (QED) is 0.297. The van der Waals surface area contributed by atoms with Crippen molar-refractivity contribution in [3.8, 4) is 0 Å². The van der Waals surface area contributed by atoms with Gasteiger partial charge in [0.2, 0.25) is 0 Å². The highest BCUT2D eigenvalue weighted by Crippen LogP contribution is 2.16. The number of ketones is 1. The van der Waals surface area contributed by atoms with Gasteiger partial charge >= 0.3 is 0 Å². The zero-order valence-corrected chi connectivity index (χ0v) is 18.1. The van der Waals surface area contributed by atoms with Gasteiger partial charge in [0, 0.05) is 23.3 Å². The smallest absolute Gasteiger partial charge is 0.137 e. The molecule has 0 spiro atoms. The summed E-state index contributed by atoms with van der Waals surface area (Å²) in [5.74, 6) is 0.787. The number of aromatic nitrogens is 2. The number of Topliss-reactive ketones (excluding diaryl/α,β-unsaturated/α-hetero) is 1. The molecule has 2 heterocycles. The van der Waals surface area contributed by atoms with Gasteiger partial charge in [0.1, 0.15) is 11.6 Å². The van der Waals surface area contributed by atoms with Crippen LogP contribution in [0.3, 0.4) is 0 Å². The number of hydrogen-bond acceptors (Lipinski definition) is 4. The Hall–Kier alpha value is -1.62. The van der Waals surface area contributed by atoms with Gasteiger partial charge in [-0.05, 0) is 30.7 Å². The number of anilines is 1. The van der Waals surface area contributed by atoms with Gasteiger partial charge in [-0.3, -0.25) is 9.89 Å². The van der Waals surface area contributed by atoms with Gasteiger partial charge in [-0.2, -0.15) is 5.10 Å². The number of nitrogen functional groups attached to an aromatic ring is 1. The van der Waals surface area contributed by atoms with E-state index in [9.17, 15) is 4.79 Å². The molecule has 2 aromatic rings. The largest absolute Gasteiger partial charge is 0.384 e. The van der Waals surface area contributed by atoms with Crippen molar-refractivity contribution in [1.82, 2.24) is 10.2 Å². The summed E-state index contributed by atoms with van der Waals surface area (Å²) in [6.45, 7) is 0. The summed E-state index contributed by atoms with van der Waals surface area (Å²) in [6.07, 6.45) is 19.7. The number of nitrogens with zero attached hydrogens (tertiary/aromatic N) is 1. The molecule has 2 rings (SSSR count). The minimum absolute atomic E-state index is 0.267. The van der Waals surface area contributed by atoms with Crippen molar-refractivity contribution >= 4 is 22.9 Å². The molecular formula is C23H37N3OS. The number of carbonyl (C=O) groups excluding carboxylic acids is 1. The zero-order valence-electron chi connectivity index (χ0n) is 17.3. The van der Waals surface area contributed by atoms with Crippen LogP contribution in [0.15, 0.2) is 23.7 Å². The lowest BCUT2D eigenvalue weighted by Gasteiger charge is -2.03. The average Bonchev–Trinajstić information content (AvgIpc) is 3.34. The van der Waals surface area contributed by atoms with E-state index in [0.717, 1.165) is 18.4 Å². The second-order valence-corrected chi connectivity index (χ2v) is 8.88. The molecular weight excluding hydrogens is 366 g/mol.